The van der Waals surface area contributed by atoms with Crippen LogP contribution in [0, 0.1) is 0 Å². The van der Waals surface area contributed by atoms with Gasteiger partial charge in [-0.3, -0.25) is 0 Å². The number of rotatable bonds is 29. The van der Waals surface area contributed by atoms with Crippen LogP contribution in [0.25, 0.3) is 0 Å². The minimum atomic E-state index is 0.266. The van der Waals surface area contributed by atoms with Gasteiger partial charge in [-0.15, -0.1) is 0 Å². The molecular weight excluding hydrogens is 512 g/mol. The quantitative estimate of drug-likeness (QED) is 0.0570. The Kier molecular flexibility index (Phi) is 33.9. The Morgan fingerprint density at radius 3 is 1.41 bits per heavy atom. The summed E-state index contributed by atoms with van der Waals surface area (Å²) in [6.07, 6.45) is 12.5. The van der Waals surface area contributed by atoms with Gasteiger partial charge in [-0.05, 0) is 151 Å². The molecule has 0 saturated heterocycles. The third kappa shape index (κ3) is 39.6. The molecule has 0 rings (SSSR count). The molecule has 0 aliphatic rings. The largest absolute Gasteiger partial charge is 0.330 e. The zero-order valence-corrected chi connectivity index (χ0v) is 28.0. The van der Waals surface area contributed by atoms with E-state index in [1.807, 2.05) is 6.92 Å². The van der Waals surface area contributed by atoms with Gasteiger partial charge in [-0.1, -0.05) is 6.42 Å². The fourth-order valence-corrected chi connectivity index (χ4v) is 4.21. The monoisotopic (exact) mass is 589 g/mol. The summed E-state index contributed by atoms with van der Waals surface area (Å²) in [5.41, 5.74) is 28.5. The van der Waals surface area contributed by atoms with Crippen molar-refractivity contribution in [2.45, 2.75) is 141 Å². The number of nitrogens with one attached hydrogen (secondary N) is 5. The highest BCUT2D eigenvalue weighted by molar-refractivity contribution is 4.72. The fourth-order valence-electron chi connectivity index (χ4n) is 4.21. The van der Waals surface area contributed by atoms with Gasteiger partial charge < -0.3 is 55.3 Å². The molecule has 0 bridgehead atoms. The van der Waals surface area contributed by atoms with E-state index in [0.717, 1.165) is 91.0 Å². The van der Waals surface area contributed by atoms with Crippen molar-refractivity contribution in [3.8, 4) is 0 Å². The molecule has 0 radical (unpaired) electrons. The molecule has 6 atom stereocenters. The van der Waals surface area contributed by atoms with Crippen molar-refractivity contribution in [2.24, 2.45) is 28.7 Å². The average molecular weight is 589 g/mol. The smallest absolute Gasteiger partial charge is 0.0192 e. The Bertz CT molecular complexity index is 492. The third-order valence-corrected chi connectivity index (χ3v) is 7.02. The van der Waals surface area contributed by atoms with Gasteiger partial charge in [0.2, 0.25) is 0 Å². The Balaban J connectivity index is 0. The van der Waals surface area contributed by atoms with Crippen LogP contribution in [0.1, 0.15) is 105 Å². The van der Waals surface area contributed by atoms with Crippen molar-refractivity contribution in [1.82, 2.24) is 26.6 Å². The molecule has 0 aliphatic carbocycles. The maximum atomic E-state index is 5.84. The second-order valence-electron chi connectivity index (χ2n) is 12.4. The molecule has 0 heterocycles. The van der Waals surface area contributed by atoms with E-state index in [9.17, 15) is 0 Å². The van der Waals surface area contributed by atoms with Gasteiger partial charge in [0.25, 0.3) is 0 Å². The molecule has 0 aliphatic heterocycles. The molecule has 15 N–H and O–H groups in total. The van der Waals surface area contributed by atoms with Crippen molar-refractivity contribution in [3.05, 3.63) is 0 Å². The Morgan fingerprint density at radius 1 is 0.439 bits per heavy atom. The molecule has 0 aromatic rings. The summed E-state index contributed by atoms with van der Waals surface area (Å²) in [6, 6.07) is 2.27. The lowest BCUT2D eigenvalue weighted by atomic mass is 10.1. The summed E-state index contributed by atoms with van der Waals surface area (Å²) in [6.45, 7) is 19.6. The van der Waals surface area contributed by atoms with E-state index in [-0.39, 0.29) is 12.1 Å². The van der Waals surface area contributed by atoms with Gasteiger partial charge in [0.15, 0.2) is 0 Å². The van der Waals surface area contributed by atoms with Gasteiger partial charge in [0, 0.05) is 42.8 Å². The first-order valence-corrected chi connectivity index (χ1v) is 16.9. The fraction of sp³-hybridized carbons (Fsp3) is 1.00. The van der Waals surface area contributed by atoms with E-state index >= 15 is 0 Å². The first kappa shape index (κ1) is 42.7. The minimum Gasteiger partial charge on any atom is -0.330 e. The second-order valence-corrected chi connectivity index (χ2v) is 12.4. The molecule has 0 aromatic heterocycles. The normalized spacial score (nSPS) is 16.0. The maximum Gasteiger partial charge on any atom is 0.0192 e. The van der Waals surface area contributed by atoms with Crippen LogP contribution in [0.2, 0.25) is 0 Å². The molecular formula is C31H76N10. The highest BCUT2D eigenvalue weighted by Crippen LogP contribution is 1.99. The Morgan fingerprint density at radius 2 is 0.902 bits per heavy atom. The van der Waals surface area contributed by atoms with Crippen LogP contribution in [0.5, 0.6) is 0 Å². The van der Waals surface area contributed by atoms with Crippen LogP contribution in [0.4, 0.5) is 0 Å². The minimum absolute atomic E-state index is 0.266. The van der Waals surface area contributed by atoms with Crippen LogP contribution >= 0.6 is 0 Å². The summed E-state index contributed by atoms with van der Waals surface area (Å²) in [5.74, 6) is 0. The second kappa shape index (κ2) is 32.5. The lowest BCUT2D eigenvalue weighted by Gasteiger charge is -2.20. The van der Waals surface area contributed by atoms with Gasteiger partial charge in [-0.2, -0.15) is 0 Å². The van der Waals surface area contributed by atoms with Gasteiger partial charge >= 0.3 is 0 Å². The highest BCUT2D eigenvalue weighted by atomic mass is 15.0. The number of nitrogens with two attached hydrogens (primary N) is 5. The first-order chi connectivity index (χ1) is 19.6. The molecule has 41 heavy (non-hydrogen) atoms. The summed E-state index contributed by atoms with van der Waals surface area (Å²) in [5, 5.41) is 17.6. The molecule has 0 fully saturated rings. The Labute approximate surface area is 255 Å². The number of hydrogen-bond donors (Lipinski definition) is 10. The van der Waals surface area contributed by atoms with Crippen LogP contribution in [-0.4, -0.2) is 95.2 Å². The predicted molar refractivity (Wildman–Crippen MR) is 182 cm³/mol. The first-order valence-electron chi connectivity index (χ1n) is 16.9. The topological polar surface area (TPSA) is 190 Å². The SMILES string of the molecule is CC(N)CCNCCCC(C)NCCC(C)N.CC(N)CCNCCCC(CNCCCCCN)NCCC(C)N. The van der Waals surface area contributed by atoms with Crippen molar-refractivity contribution >= 4 is 0 Å². The van der Waals surface area contributed by atoms with Crippen LogP contribution < -0.4 is 55.3 Å². The van der Waals surface area contributed by atoms with E-state index in [0.29, 0.717) is 24.2 Å². The molecule has 10 nitrogen and oxygen atoms in total. The van der Waals surface area contributed by atoms with E-state index in [4.69, 9.17) is 28.7 Å². The molecule has 6 unspecified atom stereocenters. The highest BCUT2D eigenvalue weighted by Gasteiger charge is 2.08. The summed E-state index contributed by atoms with van der Waals surface area (Å²) >= 11 is 0. The molecule has 0 amide bonds. The average Bonchev–Trinajstić information content (AvgIpc) is 2.89. The van der Waals surface area contributed by atoms with Crippen LogP contribution in [-0.2, 0) is 0 Å². The molecule has 0 spiro atoms. The summed E-state index contributed by atoms with van der Waals surface area (Å²) < 4.78 is 0. The van der Waals surface area contributed by atoms with Gasteiger partial charge in [0.1, 0.15) is 0 Å². The lowest BCUT2D eigenvalue weighted by Crippen LogP contribution is -2.41. The third-order valence-electron chi connectivity index (χ3n) is 7.02. The van der Waals surface area contributed by atoms with E-state index in [1.165, 1.54) is 38.5 Å². The molecule has 10 heteroatoms. The summed E-state index contributed by atoms with van der Waals surface area (Å²) in [7, 11) is 0. The molecule has 250 valence electrons. The predicted octanol–water partition coefficient (Wildman–Crippen LogP) is 1.32. The van der Waals surface area contributed by atoms with Crippen LogP contribution in [0.3, 0.4) is 0 Å². The van der Waals surface area contributed by atoms with Crippen molar-refractivity contribution in [2.75, 3.05) is 58.9 Å². The van der Waals surface area contributed by atoms with Crippen molar-refractivity contribution in [3.63, 3.8) is 0 Å². The van der Waals surface area contributed by atoms with E-state index in [2.05, 4.69) is 54.3 Å². The van der Waals surface area contributed by atoms with E-state index in [1.54, 1.807) is 0 Å². The summed E-state index contributed by atoms with van der Waals surface area (Å²) in [4.78, 5) is 0. The molecule has 0 aromatic carbocycles. The van der Waals surface area contributed by atoms with Crippen molar-refractivity contribution < 1.29 is 0 Å². The standard InChI is InChI=1S/C18H44N6.C13H32N4/c1-16(20)8-13-22-12-6-7-18(24-14-9-17(2)21)15-23-11-5-3-4-10-19;1-11(14)6-9-16-8-4-5-13(3)17-10-7-12(2)15/h16-18,22-24H,3-15,19-21H2,1-2H3;11-13,16-17H,4-10,14-15H2,1-3H3. The molecule has 0 saturated carbocycles. The Hall–Kier alpha value is -0.400. The van der Waals surface area contributed by atoms with Crippen LogP contribution in [0.15, 0.2) is 0 Å². The number of unbranched alkanes of at least 4 members (excludes halogenated alkanes) is 2. The van der Waals surface area contributed by atoms with Gasteiger partial charge in [0.05, 0.1) is 0 Å². The maximum absolute atomic E-state index is 5.84. The van der Waals surface area contributed by atoms with Crippen molar-refractivity contribution in [1.29, 1.82) is 0 Å². The van der Waals surface area contributed by atoms with E-state index < -0.39 is 0 Å². The zero-order valence-electron chi connectivity index (χ0n) is 28.0. The number of hydrogen-bond acceptors (Lipinski definition) is 10. The zero-order chi connectivity index (χ0) is 31.1. The lowest BCUT2D eigenvalue weighted by molar-refractivity contribution is 0.419. The van der Waals surface area contributed by atoms with Gasteiger partial charge in [-0.25, -0.2) is 0 Å².